The normalized spacial score (nSPS) is 15.9. The number of thiazole rings is 1. The summed E-state index contributed by atoms with van der Waals surface area (Å²) < 4.78 is 24.8. The molecule has 0 atom stereocenters. The third kappa shape index (κ3) is 3.98. The molecular weight excluding hydrogens is 318 g/mol. The average Bonchev–Trinajstić information content (AvgIpc) is 3.10. The van der Waals surface area contributed by atoms with Gasteiger partial charge < -0.3 is 5.32 Å². The van der Waals surface area contributed by atoms with Gasteiger partial charge in [-0.2, -0.15) is 0 Å². The molecule has 7 heteroatoms. The molecular formula is C15H19N3O2S2. The van der Waals surface area contributed by atoms with Gasteiger partial charge in [-0.15, -0.1) is 11.3 Å². The second-order valence-electron chi connectivity index (χ2n) is 5.62. The summed E-state index contributed by atoms with van der Waals surface area (Å²) in [5, 5.41) is 6.47. The quantitative estimate of drug-likeness (QED) is 0.875. The number of anilines is 2. The molecule has 0 saturated heterocycles. The lowest BCUT2D eigenvalue weighted by Gasteiger charge is -2.09. The second kappa shape index (κ2) is 6.26. The molecule has 22 heavy (non-hydrogen) atoms. The number of rotatable bonds is 5. The van der Waals surface area contributed by atoms with Crippen LogP contribution in [0, 0.1) is 0 Å². The van der Waals surface area contributed by atoms with Crippen LogP contribution in [0.25, 0.3) is 11.3 Å². The van der Waals surface area contributed by atoms with Gasteiger partial charge in [0.25, 0.3) is 0 Å². The molecule has 0 spiro atoms. The zero-order chi connectivity index (χ0) is 15.6. The summed E-state index contributed by atoms with van der Waals surface area (Å²) in [6.07, 6.45) is 6.18. The highest BCUT2D eigenvalue weighted by atomic mass is 32.2. The van der Waals surface area contributed by atoms with Crippen LogP contribution in [0.3, 0.4) is 0 Å². The molecule has 1 fully saturated rings. The Balaban J connectivity index is 1.70. The smallest absolute Gasteiger partial charge is 0.229 e. The Kier molecular flexibility index (Phi) is 4.35. The number of nitrogens with one attached hydrogen (secondary N) is 2. The number of hydrogen-bond donors (Lipinski definition) is 2. The minimum absolute atomic E-state index is 0.556. The van der Waals surface area contributed by atoms with E-state index in [1.807, 2.05) is 17.5 Å². The van der Waals surface area contributed by atoms with Crippen molar-refractivity contribution in [1.29, 1.82) is 0 Å². The van der Waals surface area contributed by atoms with Gasteiger partial charge in [-0.1, -0.05) is 25.0 Å². The maximum absolute atomic E-state index is 11.2. The molecule has 5 nitrogen and oxygen atoms in total. The van der Waals surface area contributed by atoms with Crippen molar-refractivity contribution in [3.05, 3.63) is 29.6 Å². The number of benzene rings is 1. The van der Waals surface area contributed by atoms with Crippen molar-refractivity contribution in [2.24, 2.45) is 0 Å². The molecule has 1 heterocycles. The minimum Gasteiger partial charge on any atom is -0.359 e. The van der Waals surface area contributed by atoms with Crippen molar-refractivity contribution in [1.82, 2.24) is 4.98 Å². The van der Waals surface area contributed by atoms with Crippen LogP contribution in [0.1, 0.15) is 25.7 Å². The minimum atomic E-state index is -3.24. The first-order valence-corrected chi connectivity index (χ1v) is 10.1. The lowest BCUT2D eigenvalue weighted by Crippen LogP contribution is -2.13. The Hall–Kier alpha value is -1.60. The van der Waals surface area contributed by atoms with Gasteiger partial charge in [-0.25, -0.2) is 13.4 Å². The highest BCUT2D eigenvalue weighted by Crippen LogP contribution is 2.28. The average molecular weight is 337 g/mol. The predicted octanol–water partition coefficient (Wildman–Crippen LogP) is 3.54. The van der Waals surface area contributed by atoms with Crippen molar-refractivity contribution in [2.75, 3.05) is 16.3 Å². The zero-order valence-electron chi connectivity index (χ0n) is 12.4. The molecule has 3 rings (SSSR count). The van der Waals surface area contributed by atoms with E-state index in [-0.39, 0.29) is 0 Å². The van der Waals surface area contributed by atoms with Crippen molar-refractivity contribution in [3.8, 4) is 11.3 Å². The topological polar surface area (TPSA) is 71.1 Å². The fourth-order valence-corrected chi connectivity index (χ4v) is 4.00. The van der Waals surface area contributed by atoms with Crippen molar-refractivity contribution in [2.45, 2.75) is 31.7 Å². The van der Waals surface area contributed by atoms with Crippen LogP contribution >= 0.6 is 11.3 Å². The number of sulfonamides is 1. The zero-order valence-corrected chi connectivity index (χ0v) is 14.0. The molecule has 0 radical (unpaired) electrons. The van der Waals surface area contributed by atoms with Gasteiger partial charge in [0.05, 0.1) is 11.9 Å². The number of hydrogen-bond acceptors (Lipinski definition) is 5. The van der Waals surface area contributed by atoms with Crippen LogP contribution < -0.4 is 10.0 Å². The van der Waals surface area contributed by atoms with Gasteiger partial charge in [0, 0.05) is 22.7 Å². The Morgan fingerprint density at radius 1 is 1.18 bits per heavy atom. The van der Waals surface area contributed by atoms with Gasteiger partial charge in [0.2, 0.25) is 10.0 Å². The fourth-order valence-electron chi connectivity index (χ4n) is 2.64. The summed E-state index contributed by atoms with van der Waals surface area (Å²) in [5.41, 5.74) is 2.46. The third-order valence-electron chi connectivity index (χ3n) is 3.67. The lowest BCUT2D eigenvalue weighted by molar-refractivity contribution is 0.607. The molecule has 1 saturated carbocycles. The van der Waals surface area contributed by atoms with E-state index in [0.717, 1.165) is 22.6 Å². The van der Waals surface area contributed by atoms with E-state index in [1.54, 1.807) is 23.5 Å². The highest BCUT2D eigenvalue weighted by Gasteiger charge is 2.16. The van der Waals surface area contributed by atoms with Crippen molar-refractivity contribution < 1.29 is 8.42 Å². The largest absolute Gasteiger partial charge is 0.359 e. The molecule has 1 aromatic heterocycles. The van der Waals surface area contributed by atoms with Crippen LogP contribution in [-0.4, -0.2) is 25.7 Å². The van der Waals surface area contributed by atoms with Gasteiger partial charge >= 0.3 is 0 Å². The van der Waals surface area contributed by atoms with Crippen LogP contribution in [0.5, 0.6) is 0 Å². The van der Waals surface area contributed by atoms with Crippen molar-refractivity contribution in [3.63, 3.8) is 0 Å². The molecule has 118 valence electrons. The van der Waals surface area contributed by atoms with E-state index in [9.17, 15) is 8.42 Å². The maximum Gasteiger partial charge on any atom is 0.229 e. The monoisotopic (exact) mass is 337 g/mol. The van der Waals surface area contributed by atoms with Gasteiger partial charge in [0.15, 0.2) is 5.13 Å². The molecule has 0 bridgehead atoms. The third-order valence-corrected chi connectivity index (χ3v) is 5.05. The second-order valence-corrected chi connectivity index (χ2v) is 8.22. The molecule has 0 amide bonds. The summed E-state index contributed by atoms with van der Waals surface area (Å²) in [7, 11) is -3.24. The van der Waals surface area contributed by atoms with Crippen molar-refractivity contribution >= 4 is 32.2 Å². The molecule has 1 aliphatic rings. The Labute approximate surface area is 134 Å². The standard InChI is InChI=1S/C15H19N3O2S2/c1-22(19,20)18-13-8-6-11(7-9-13)14-10-21-15(17-14)16-12-4-2-3-5-12/h6-10,12,18H,2-5H2,1H3,(H,16,17). The van der Waals surface area contributed by atoms with Crippen LogP contribution in [0.4, 0.5) is 10.8 Å². The highest BCUT2D eigenvalue weighted by molar-refractivity contribution is 7.92. The first-order chi connectivity index (χ1) is 10.5. The molecule has 1 aromatic carbocycles. The van der Waals surface area contributed by atoms with Crippen LogP contribution in [0.2, 0.25) is 0 Å². The SMILES string of the molecule is CS(=O)(=O)Nc1ccc(-c2csc(NC3CCCC3)n2)cc1. The van der Waals surface area contributed by atoms with Gasteiger partial charge in [0.1, 0.15) is 0 Å². The Bertz CT molecular complexity index is 732. The predicted molar refractivity (Wildman–Crippen MR) is 91.9 cm³/mol. The fraction of sp³-hybridized carbons (Fsp3) is 0.400. The van der Waals surface area contributed by atoms with E-state index in [1.165, 1.54) is 25.7 Å². The van der Waals surface area contributed by atoms with E-state index in [0.29, 0.717) is 11.7 Å². The maximum atomic E-state index is 11.2. The summed E-state index contributed by atoms with van der Waals surface area (Å²) in [4.78, 5) is 4.62. The van der Waals surface area contributed by atoms with E-state index < -0.39 is 10.0 Å². The summed E-state index contributed by atoms with van der Waals surface area (Å²) >= 11 is 1.61. The molecule has 1 aliphatic carbocycles. The van der Waals surface area contributed by atoms with E-state index in [2.05, 4.69) is 15.0 Å². The number of aromatic nitrogens is 1. The number of nitrogens with zero attached hydrogens (tertiary/aromatic N) is 1. The molecule has 2 N–H and O–H groups in total. The molecule has 0 aliphatic heterocycles. The summed E-state index contributed by atoms with van der Waals surface area (Å²) in [6.45, 7) is 0. The first kappa shape index (κ1) is 15.3. The first-order valence-electron chi connectivity index (χ1n) is 7.30. The summed E-state index contributed by atoms with van der Waals surface area (Å²) in [6, 6.07) is 7.81. The molecule has 2 aromatic rings. The Morgan fingerprint density at radius 2 is 1.86 bits per heavy atom. The Morgan fingerprint density at radius 3 is 2.50 bits per heavy atom. The van der Waals surface area contributed by atoms with E-state index >= 15 is 0 Å². The van der Waals surface area contributed by atoms with E-state index in [4.69, 9.17) is 0 Å². The van der Waals surface area contributed by atoms with Gasteiger partial charge in [-0.05, 0) is 25.0 Å². The van der Waals surface area contributed by atoms with Gasteiger partial charge in [-0.3, -0.25) is 4.72 Å². The lowest BCUT2D eigenvalue weighted by atomic mass is 10.1. The van der Waals surface area contributed by atoms with Crippen LogP contribution in [-0.2, 0) is 10.0 Å². The summed E-state index contributed by atoms with van der Waals surface area (Å²) in [5.74, 6) is 0. The molecule has 0 unspecified atom stereocenters. The van der Waals surface area contributed by atoms with Crippen LogP contribution in [0.15, 0.2) is 29.6 Å².